The molecule has 6 nitrogen and oxygen atoms in total. The van der Waals surface area contributed by atoms with E-state index in [1.54, 1.807) is 17.4 Å². The fraction of sp³-hybridized carbons (Fsp3) is 0.294. The number of nitrogens with one attached hydrogen (secondary N) is 1. The van der Waals surface area contributed by atoms with Gasteiger partial charge in [0.25, 0.3) is 5.91 Å². The molecule has 1 aromatic carbocycles. The minimum atomic E-state index is -3.59. The van der Waals surface area contributed by atoms with Crippen molar-refractivity contribution in [1.29, 1.82) is 0 Å². The van der Waals surface area contributed by atoms with Gasteiger partial charge in [0, 0.05) is 35.0 Å². The SMILES string of the molecule is C/C(=N/NC(=O)c1cccc(S(=O)(=O)N(C)C)c1)c1cc(C)sc1C. The number of hydrazone groups is 1. The van der Waals surface area contributed by atoms with Gasteiger partial charge in [0.15, 0.2) is 0 Å². The standard InChI is InChI=1S/C17H21N3O3S2/c1-11-9-16(13(3)24-11)12(2)18-19-17(21)14-7-6-8-15(10-14)25(22,23)20(4)5/h6-10H,1-5H3,(H,19,21)/b18-12-. The van der Waals surface area contributed by atoms with Crippen LogP contribution in [-0.4, -0.2) is 38.4 Å². The van der Waals surface area contributed by atoms with Crippen LogP contribution in [0.15, 0.2) is 40.3 Å². The number of thiophene rings is 1. The zero-order chi connectivity index (χ0) is 18.8. The first kappa shape index (κ1) is 19.3. The lowest BCUT2D eigenvalue weighted by atomic mass is 10.2. The summed E-state index contributed by atoms with van der Waals surface area (Å²) in [5, 5.41) is 4.14. The topological polar surface area (TPSA) is 78.8 Å². The lowest BCUT2D eigenvalue weighted by Gasteiger charge is -2.12. The van der Waals surface area contributed by atoms with E-state index in [-0.39, 0.29) is 10.5 Å². The van der Waals surface area contributed by atoms with Gasteiger partial charge in [0.1, 0.15) is 0 Å². The molecule has 0 saturated carbocycles. The Labute approximate surface area is 152 Å². The second-order valence-electron chi connectivity index (χ2n) is 5.78. The number of sulfonamides is 1. The Morgan fingerprint density at radius 2 is 1.88 bits per heavy atom. The van der Waals surface area contributed by atoms with Gasteiger partial charge in [-0.1, -0.05) is 6.07 Å². The number of hydrogen-bond donors (Lipinski definition) is 1. The molecule has 0 radical (unpaired) electrons. The van der Waals surface area contributed by atoms with Crippen molar-refractivity contribution < 1.29 is 13.2 Å². The van der Waals surface area contributed by atoms with Crippen molar-refractivity contribution in [1.82, 2.24) is 9.73 Å². The first-order valence-corrected chi connectivity index (χ1v) is 9.83. The summed E-state index contributed by atoms with van der Waals surface area (Å²) in [6, 6.07) is 7.91. The van der Waals surface area contributed by atoms with Gasteiger partial charge in [-0.25, -0.2) is 18.1 Å². The summed E-state index contributed by atoms with van der Waals surface area (Å²) >= 11 is 1.67. The third kappa shape index (κ3) is 4.33. The lowest BCUT2D eigenvalue weighted by molar-refractivity contribution is 0.0954. The highest BCUT2D eigenvalue weighted by Gasteiger charge is 2.18. The summed E-state index contributed by atoms with van der Waals surface area (Å²) in [5.41, 5.74) is 4.41. The highest BCUT2D eigenvalue weighted by Crippen LogP contribution is 2.21. The zero-order valence-electron chi connectivity index (χ0n) is 14.8. The largest absolute Gasteiger partial charge is 0.271 e. The number of amides is 1. The molecule has 1 heterocycles. The normalized spacial score (nSPS) is 12.5. The predicted octanol–water partition coefficient (Wildman–Crippen LogP) is 2.77. The maximum atomic E-state index is 12.3. The lowest BCUT2D eigenvalue weighted by Crippen LogP contribution is -2.23. The molecule has 8 heteroatoms. The van der Waals surface area contributed by atoms with Crippen LogP contribution in [0.1, 0.15) is 32.6 Å². The van der Waals surface area contributed by atoms with Crippen LogP contribution >= 0.6 is 11.3 Å². The van der Waals surface area contributed by atoms with Crippen LogP contribution in [0.3, 0.4) is 0 Å². The molecule has 0 saturated heterocycles. The fourth-order valence-electron chi connectivity index (χ4n) is 2.26. The number of nitrogens with zero attached hydrogens (tertiary/aromatic N) is 2. The summed E-state index contributed by atoms with van der Waals surface area (Å²) in [6.07, 6.45) is 0. The van der Waals surface area contributed by atoms with Crippen molar-refractivity contribution in [3.05, 3.63) is 51.2 Å². The van der Waals surface area contributed by atoms with Gasteiger partial charge < -0.3 is 0 Å². The van der Waals surface area contributed by atoms with Gasteiger partial charge in [-0.3, -0.25) is 4.79 Å². The first-order chi connectivity index (χ1) is 11.6. The maximum absolute atomic E-state index is 12.3. The molecule has 0 atom stereocenters. The summed E-state index contributed by atoms with van der Waals surface area (Å²) in [5.74, 6) is -0.459. The number of hydrogen-bond acceptors (Lipinski definition) is 5. The Morgan fingerprint density at radius 3 is 2.44 bits per heavy atom. The van der Waals surface area contributed by atoms with Crippen molar-refractivity contribution in [3.63, 3.8) is 0 Å². The van der Waals surface area contributed by atoms with Gasteiger partial charge in [0.2, 0.25) is 10.0 Å². The van der Waals surface area contributed by atoms with Crippen LogP contribution in [0.2, 0.25) is 0 Å². The van der Waals surface area contributed by atoms with E-state index in [9.17, 15) is 13.2 Å². The van der Waals surface area contributed by atoms with Crippen LogP contribution in [0, 0.1) is 13.8 Å². The van der Waals surface area contributed by atoms with Crippen molar-refractivity contribution >= 4 is 33.0 Å². The molecule has 0 aliphatic rings. The summed E-state index contributed by atoms with van der Waals surface area (Å²) < 4.78 is 25.4. The number of benzene rings is 1. The Morgan fingerprint density at radius 1 is 1.20 bits per heavy atom. The second kappa shape index (κ2) is 7.47. The van der Waals surface area contributed by atoms with Crippen LogP contribution < -0.4 is 5.43 Å². The van der Waals surface area contributed by atoms with Crippen LogP contribution in [0.25, 0.3) is 0 Å². The molecule has 2 aromatic rings. The quantitative estimate of drug-likeness (QED) is 0.641. The summed E-state index contributed by atoms with van der Waals surface area (Å²) in [4.78, 5) is 14.7. The van der Waals surface area contributed by atoms with Crippen molar-refractivity contribution in [3.8, 4) is 0 Å². The van der Waals surface area contributed by atoms with E-state index in [0.717, 1.165) is 14.7 Å². The van der Waals surface area contributed by atoms with Crippen molar-refractivity contribution in [2.75, 3.05) is 14.1 Å². The van der Waals surface area contributed by atoms with Crippen molar-refractivity contribution in [2.24, 2.45) is 5.10 Å². The molecule has 1 aromatic heterocycles. The average molecular weight is 380 g/mol. The molecule has 2 rings (SSSR count). The first-order valence-electron chi connectivity index (χ1n) is 7.57. The van der Waals surface area contributed by atoms with E-state index < -0.39 is 15.9 Å². The van der Waals surface area contributed by atoms with Crippen LogP contribution in [0.5, 0.6) is 0 Å². The molecule has 0 aliphatic carbocycles. The molecule has 0 unspecified atom stereocenters. The van der Waals surface area contributed by atoms with E-state index in [1.807, 2.05) is 26.8 Å². The molecule has 25 heavy (non-hydrogen) atoms. The van der Waals surface area contributed by atoms with Crippen molar-refractivity contribution in [2.45, 2.75) is 25.7 Å². The van der Waals surface area contributed by atoms with E-state index in [4.69, 9.17) is 0 Å². The molecule has 1 N–H and O–H groups in total. The Balaban J connectivity index is 2.22. The molecule has 0 spiro atoms. The average Bonchev–Trinajstić information content (AvgIpc) is 2.90. The molecule has 0 aliphatic heterocycles. The van der Waals surface area contributed by atoms with Gasteiger partial charge >= 0.3 is 0 Å². The van der Waals surface area contributed by atoms with E-state index in [2.05, 4.69) is 10.5 Å². The zero-order valence-corrected chi connectivity index (χ0v) is 16.5. The highest BCUT2D eigenvalue weighted by molar-refractivity contribution is 7.89. The molecule has 134 valence electrons. The van der Waals surface area contributed by atoms with Gasteiger partial charge in [0.05, 0.1) is 10.6 Å². The van der Waals surface area contributed by atoms with E-state index in [0.29, 0.717) is 5.71 Å². The second-order valence-corrected chi connectivity index (χ2v) is 9.39. The van der Waals surface area contributed by atoms with Crippen LogP contribution in [0.4, 0.5) is 0 Å². The van der Waals surface area contributed by atoms with E-state index in [1.165, 1.54) is 37.2 Å². The summed E-state index contributed by atoms with van der Waals surface area (Å²) in [6.45, 7) is 5.84. The third-order valence-electron chi connectivity index (χ3n) is 3.63. The van der Waals surface area contributed by atoms with Crippen LogP contribution in [-0.2, 0) is 10.0 Å². The molecule has 0 bridgehead atoms. The van der Waals surface area contributed by atoms with Gasteiger partial charge in [-0.05, 0) is 45.0 Å². The monoisotopic (exact) mass is 379 g/mol. The molecular formula is C17H21N3O3S2. The van der Waals surface area contributed by atoms with E-state index >= 15 is 0 Å². The number of rotatable bonds is 5. The third-order valence-corrected chi connectivity index (χ3v) is 6.41. The Hall–Kier alpha value is -2.03. The highest BCUT2D eigenvalue weighted by atomic mass is 32.2. The Kier molecular flexibility index (Phi) is 5.76. The molecular weight excluding hydrogens is 358 g/mol. The predicted molar refractivity (Wildman–Crippen MR) is 101 cm³/mol. The molecule has 1 amide bonds. The number of carbonyl (C=O) groups is 1. The number of aryl methyl sites for hydroxylation is 2. The Bertz CT molecular complexity index is 928. The van der Waals surface area contributed by atoms with Gasteiger partial charge in [-0.15, -0.1) is 11.3 Å². The minimum Gasteiger partial charge on any atom is -0.267 e. The molecule has 0 fully saturated rings. The number of carbonyl (C=O) groups excluding carboxylic acids is 1. The van der Waals surface area contributed by atoms with Gasteiger partial charge in [-0.2, -0.15) is 5.10 Å². The smallest absolute Gasteiger partial charge is 0.267 e. The maximum Gasteiger partial charge on any atom is 0.271 e. The summed E-state index contributed by atoms with van der Waals surface area (Å²) in [7, 11) is -0.700. The fourth-order valence-corrected chi connectivity index (χ4v) is 4.18. The minimum absolute atomic E-state index is 0.0650.